The summed E-state index contributed by atoms with van der Waals surface area (Å²) in [7, 11) is 3.04. The monoisotopic (exact) mass is 360 g/mol. The Morgan fingerprint density at radius 3 is 2.52 bits per heavy atom. The molecule has 0 unspecified atom stereocenters. The topological polar surface area (TPSA) is 83.1 Å². The van der Waals surface area contributed by atoms with Gasteiger partial charge in [0.25, 0.3) is 0 Å². The zero-order chi connectivity index (χ0) is 18.2. The second-order valence-corrected chi connectivity index (χ2v) is 5.22. The SMILES string of the molecule is COc1ccc(C(N)=NOC(=O)C=Cc2ccccc2Cl)cc1OC. The van der Waals surface area contributed by atoms with E-state index in [1.54, 1.807) is 36.4 Å². The number of methoxy groups -OCH3 is 2. The molecular formula is C18H17ClN2O4. The number of ether oxygens (including phenoxy) is 2. The lowest BCUT2D eigenvalue weighted by atomic mass is 10.2. The van der Waals surface area contributed by atoms with E-state index in [4.69, 9.17) is 31.6 Å². The molecule has 6 nitrogen and oxygen atoms in total. The molecule has 2 N–H and O–H groups in total. The quantitative estimate of drug-likeness (QED) is 0.281. The van der Waals surface area contributed by atoms with Crippen molar-refractivity contribution in [2.45, 2.75) is 0 Å². The van der Waals surface area contributed by atoms with Crippen molar-refractivity contribution in [3.63, 3.8) is 0 Å². The van der Waals surface area contributed by atoms with Crippen LogP contribution in [0.4, 0.5) is 0 Å². The summed E-state index contributed by atoms with van der Waals surface area (Å²) in [5.74, 6) is 0.394. The van der Waals surface area contributed by atoms with Crippen LogP contribution in [0.15, 0.2) is 53.7 Å². The first-order chi connectivity index (χ1) is 12.0. The van der Waals surface area contributed by atoms with Crippen LogP contribution >= 0.6 is 11.6 Å². The molecule has 0 bridgehead atoms. The molecule has 0 spiro atoms. The molecule has 0 radical (unpaired) electrons. The van der Waals surface area contributed by atoms with Gasteiger partial charge in [0.1, 0.15) is 0 Å². The molecule has 7 heteroatoms. The van der Waals surface area contributed by atoms with Crippen LogP contribution in [-0.4, -0.2) is 26.0 Å². The first kappa shape index (κ1) is 18.4. The normalized spacial score (nSPS) is 11.4. The van der Waals surface area contributed by atoms with E-state index in [9.17, 15) is 4.79 Å². The number of carbonyl (C=O) groups is 1. The molecule has 0 atom stereocenters. The highest BCUT2D eigenvalue weighted by atomic mass is 35.5. The number of benzene rings is 2. The van der Waals surface area contributed by atoms with Crippen molar-refractivity contribution in [3.8, 4) is 11.5 Å². The fourth-order valence-electron chi connectivity index (χ4n) is 1.94. The van der Waals surface area contributed by atoms with Crippen LogP contribution in [0.2, 0.25) is 5.02 Å². The highest BCUT2D eigenvalue weighted by Gasteiger charge is 2.08. The van der Waals surface area contributed by atoms with Gasteiger partial charge in [-0.25, -0.2) is 4.79 Å². The Kier molecular flexibility index (Phi) is 6.42. The molecule has 0 amide bonds. The average molecular weight is 361 g/mol. The Balaban J connectivity index is 2.05. The predicted molar refractivity (Wildman–Crippen MR) is 96.8 cm³/mol. The molecule has 0 heterocycles. The van der Waals surface area contributed by atoms with Gasteiger partial charge < -0.3 is 20.0 Å². The molecular weight excluding hydrogens is 344 g/mol. The Morgan fingerprint density at radius 2 is 1.84 bits per heavy atom. The van der Waals surface area contributed by atoms with Crippen molar-refractivity contribution >= 4 is 29.5 Å². The molecule has 0 aliphatic heterocycles. The highest BCUT2D eigenvalue weighted by molar-refractivity contribution is 6.32. The number of hydrogen-bond acceptors (Lipinski definition) is 5. The van der Waals surface area contributed by atoms with Gasteiger partial charge in [-0.1, -0.05) is 35.0 Å². The molecule has 2 aromatic carbocycles. The molecule has 2 rings (SSSR count). The fourth-order valence-corrected chi connectivity index (χ4v) is 2.14. The van der Waals surface area contributed by atoms with Crippen molar-refractivity contribution in [1.82, 2.24) is 0 Å². The van der Waals surface area contributed by atoms with Crippen LogP contribution in [0.1, 0.15) is 11.1 Å². The average Bonchev–Trinajstić information content (AvgIpc) is 2.64. The molecule has 0 saturated carbocycles. The highest BCUT2D eigenvalue weighted by Crippen LogP contribution is 2.27. The third-order valence-corrected chi connectivity index (χ3v) is 3.56. The van der Waals surface area contributed by atoms with Crippen molar-refractivity contribution in [2.24, 2.45) is 10.9 Å². The number of hydrogen-bond donors (Lipinski definition) is 1. The van der Waals surface area contributed by atoms with Gasteiger partial charge in [-0.3, -0.25) is 0 Å². The third kappa shape index (κ3) is 4.99. The maximum atomic E-state index is 11.7. The van der Waals surface area contributed by atoms with Crippen LogP contribution in [0, 0.1) is 0 Å². The smallest absolute Gasteiger partial charge is 0.358 e. The molecule has 2 aromatic rings. The Morgan fingerprint density at radius 1 is 1.12 bits per heavy atom. The maximum absolute atomic E-state index is 11.7. The van der Waals surface area contributed by atoms with E-state index in [0.29, 0.717) is 27.6 Å². The van der Waals surface area contributed by atoms with E-state index < -0.39 is 5.97 Å². The summed E-state index contributed by atoms with van der Waals surface area (Å²) >= 11 is 6.00. The van der Waals surface area contributed by atoms with E-state index in [2.05, 4.69) is 5.16 Å². The van der Waals surface area contributed by atoms with E-state index >= 15 is 0 Å². The summed E-state index contributed by atoms with van der Waals surface area (Å²) in [5.41, 5.74) is 7.04. The number of rotatable bonds is 6. The summed E-state index contributed by atoms with van der Waals surface area (Å²) in [6.07, 6.45) is 2.75. The molecule has 0 fully saturated rings. The van der Waals surface area contributed by atoms with Crippen LogP contribution in [0.25, 0.3) is 6.08 Å². The number of nitrogens with zero attached hydrogens (tertiary/aromatic N) is 1. The molecule has 0 aliphatic rings. The van der Waals surface area contributed by atoms with Crippen LogP contribution in [0.5, 0.6) is 11.5 Å². The van der Waals surface area contributed by atoms with Gasteiger partial charge in [0.05, 0.1) is 14.2 Å². The first-order valence-electron chi connectivity index (χ1n) is 7.24. The van der Waals surface area contributed by atoms with E-state index in [1.807, 2.05) is 6.07 Å². The van der Waals surface area contributed by atoms with E-state index in [0.717, 1.165) is 0 Å². The maximum Gasteiger partial charge on any atom is 0.358 e. The summed E-state index contributed by atoms with van der Waals surface area (Å²) < 4.78 is 10.3. The summed E-state index contributed by atoms with van der Waals surface area (Å²) in [6, 6.07) is 12.1. The first-order valence-corrected chi connectivity index (χ1v) is 7.62. The van der Waals surface area contributed by atoms with Crippen molar-refractivity contribution < 1.29 is 19.1 Å². The van der Waals surface area contributed by atoms with Crippen molar-refractivity contribution in [2.75, 3.05) is 14.2 Å². The Labute approximate surface area is 150 Å². The van der Waals surface area contributed by atoms with Gasteiger partial charge in [-0.2, -0.15) is 0 Å². The van der Waals surface area contributed by atoms with Crippen LogP contribution < -0.4 is 15.2 Å². The predicted octanol–water partition coefficient (Wildman–Crippen LogP) is 3.23. The van der Waals surface area contributed by atoms with Crippen molar-refractivity contribution in [1.29, 1.82) is 0 Å². The van der Waals surface area contributed by atoms with Gasteiger partial charge in [0.15, 0.2) is 17.3 Å². The molecule has 0 aliphatic carbocycles. The van der Waals surface area contributed by atoms with Crippen molar-refractivity contribution in [3.05, 3.63) is 64.7 Å². The summed E-state index contributed by atoms with van der Waals surface area (Å²) in [6.45, 7) is 0. The van der Waals surface area contributed by atoms with Gasteiger partial charge in [-0.15, -0.1) is 0 Å². The number of halogens is 1. The van der Waals surface area contributed by atoms with Gasteiger partial charge in [0.2, 0.25) is 0 Å². The second-order valence-electron chi connectivity index (χ2n) is 4.81. The minimum Gasteiger partial charge on any atom is -0.493 e. The standard InChI is InChI=1S/C18H17ClN2O4/c1-23-15-9-7-13(11-16(15)24-2)18(20)21-25-17(22)10-8-12-5-3-4-6-14(12)19/h3-11H,1-2H3,(H2,20,21). The Bertz CT molecular complexity index is 818. The zero-order valence-corrected chi connectivity index (χ0v) is 14.5. The van der Waals surface area contributed by atoms with Crippen LogP contribution in [-0.2, 0) is 9.63 Å². The largest absolute Gasteiger partial charge is 0.493 e. The zero-order valence-electron chi connectivity index (χ0n) is 13.7. The molecule has 130 valence electrons. The van der Waals surface area contributed by atoms with Crippen LogP contribution in [0.3, 0.4) is 0 Å². The lowest BCUT2D eigenvalue weighted by Gasteiger charge is -2.08. The van der Waals surface area contributed by atoms with E-state index in [1.165, 1.54) is 26.4 Å². The Hall–Kier alpha value is -2.99. The van der Waals surface area contributed by atoms with Gasteiger partial charge in [0, 0.05) is 16.7 Å². The minimum absolute atomic E-state index is 0.0282. The van der Waals surface area contributed by atoms with Gasteiger partial charge in [-0.05, 0) is 35.9 Å². The molecule has 0 saturated heterocycles. The molecule has 0 aromatic heterocycles. The van der Waals surface area contributed by atoms with E-state index in [-0.39, 0.29) is 5.84 Å². The summed E-state index contributed by atoms with van der Waals surface area (Å²) in [4.78, 5) is 16.5. The molecule has 25 heavy (non-hydrogen) atoms. The lowest BCUT2D eigenvalue weighted by molar-refractivity contribution is -0.137. The fraction of sp³-hybridized carbons (Fsp3) is 0.111. The second kappa shape index (κ2) is 8.75. The number of oxime groups is 1. The minimum atomic E-state index is -0.677. The number of nitrogens with two attached hydrogens (primary N) is 1. The number of amidine groups is 1. The van der Waals surface area contributed by atoms with Gasteiger partial charge >= 0.3 is 5.97 Å². The number of carbonyl (C=O) groups excluding carboxylic acids is 1. The third-order valence-electron chi connectivity index (χ3n) is 3.22. The summed E-state index contributed by atoms with van der Waals surface area (Å²) in [5, 5.41) is 4.15. The lowest BCUT2D eigenvalue weighted by Crippen LogP contribution is -2.15.